The molecule has 3 N–H and O–H groups in total. The van der Waals surface area contributed by atoms with Gasteiger partial charge in [0.15, 0.2) is 0 Å². The van der Waals surface area contributed by atoms with Crippen molar-refractivity contribution in [2.75, 3.05) is 12.9 Å². The number of rotatable bonds is 2. The summed E-state index contributed by atoms with van der Waals surface area (Å²) in [4.78, 5) is 10.8. The maximum atomic E-state index is 10.8. The molecule has 0 rings (SSSR count). The summed E-state index contributed by atoms with van der Waals surface area (Å²) in [5, 5.41) is 9.01. The van der Waals surface area contributed by atoms with Gasteiger partial charge in [-0.3, -0.25) is 15.4 Å². The third-order valence-corrected chi connectivity index (χ3v) is 1.39. The molecular formula is C6H9N3O2S. The number of hydrogen-bond donors (Lipinski definition) is 3. The minimum atomic E-state index is -0.526. The Hall–Kier alpha value is -1.35. The van der Waals surface area contributed by atoms with E-state index in [4.69, 9.17) is 11.8 Å². The van der Waals surface area contributed by atoms with Crippen LogP contribution in [0, 0.1) is 17.8 Å². The minimum Gasteiger partial charge on any atom is -0.468 e. The Bertz CT molecular complexity index is 211. The fraction of sp³-hybridized carbons (Fsp3) is 0.333. The van der Waals surface area contributed by atoms with Crippen LogP contribution in [-0.4, -0.2) is 24.9 Å². The van der Waals surface area contributed by atoms with Crippen LogP contribution < -0.4 is 10.0 Å². The zero-order chi connectivity index (χ0) is 9.40. The predicted octanol–water partition coefficient (Wildman–Crippen LogP) is 0.148. The SMILES string of the molecule is C#CCSNC(=O)NC(=N)OC. The van der Waals surface area contributed by atoms with Crippen LogP contribution in [0.1, 0.15) is 0 Å². The molecule has 0 heterocycles. The van der Waals surface area contributed by atoms with E-state index in [1.807, 2.05) is 0 Å². The molecule has 0 aromatic rings. The van der Waals surface area contributed by atoms with Crippen molar-refractivity contribution in [2.24, 2.45) is 0 Å². The summed E-state index contributed by atoms with van der Waals surface area (Å²) in [6, 6.07) is -0.837. The molecule has 0 saturated carbocycles. The van der Waals surface area contributed by atoms with Gasteiger partial charge in [-0.2, -0.15) is 0 Å². The number of carbonyl (C=O) groups excluding carboxylic acids is 1. The summed E-state index contributed by atoms with van der Waals surface area (Å²) in [7, 11) is 1.29. The maximum absolute atomic E-state index is 10.8. The number of terminal acetylenes is 1. The van der Waals surface area contributed by atoms with Crippen molar-refractivity contribution in [3.63, 3.8) is 0 Å². The van der Waals surface area contributed by atoms with Crippen molar-refractivity contribution >= 4 is 24.0 Å². The molecule has 0 aromatic heterocycles. The lowest BCUT2D eigenvalue weighted by molar-refractivity contribution is 0.247. The molecule has 0 fully saturated rings. The summed E-state index contributed by atoms with van der Waals surface area (Å²) in [6.45, 7) is 0. The molecular weight excluding hydrogens is 178 g/mol. The van der Waals surface area contributed by atoms with Crippen molar-refractivity contribution in [1.29, 1.82) is 5.41 Å². The van der Waals surface area contributed by atoms with Gasteiger partial charge in [-0.1, -0.05) is 5.92 Å². The monoisotopic (exact) mass is 187 g/mol. The first kappa shape index (κ1) is 10.7. The van der Waals surface area contributed by atoms with Crippen LogP contribution in [0.15, 0.2) is 0 Å². The lowest BCUT2D eigenvalue weighted by Gasteiger charge is -2.04. The predicted molar refractivity (Wildman–Crippen MR) is 47.7 cm³/mol. The highest BCUT2D eigenvalue weighted by atomic mass is 32.2. The maximum Gasteiger partial charge on any atom is 0.332 e. The first-order valence-corrected chi connectivity index (χ1v) is 3.94. The largest absolute Gasteiger partial charge is 0.468 e. The standard InChI is InChI=1S/C6H9N3O2S/c1-3-4-12-9-6(10)8-5(7)11-2/h1H,4H2,2H3,(H3,7,8,9,10). The van der Waals surface area contributed by atoms with Crippen molar-refractivity contribution < 1.29 is 9.53 Å². The average Bonchev–Trinajstić information content (AvgIpc) is 2.05. The van der Waals surface area contributed by atoms with Gasteiger partial charge in [0, 0.05) is 0 Å². The molecule has 0 spiro atoms. The number of methoxy groups -OCH3 is 1. The molecule has 0 unspecified atom stereocenters. The molecule has 12 heavy (non-hydrogen) atoms. The van der Waals surface area contributed by atoms with E-state index in [0.717, 1.165) is 11.9 Å². The smallest absolute Gasteiger partial charge is 0.332 e. The van der Waals surface area contributed by atoms with Gasteiger partial charge >= 0.3 is 6.03 Å². The second-order valence-corrected chi connectivity index (χ2v) is 2.36. The van der Waals surface area contributed by atoms with Crippen LogP contribution in [0.3, 0.4) is 0 Å². The Morgan fingerprint density at radius 2 is 2.50 bits per heavy atom. The van der Waals surface area contributed by atoms with E-state index in [2.05, 4.69) is 20.7 Å². The number of urea groups is 1. The molecule has 6 heteroatoms. The van der Waals surface area contributed by atoms with E-state index in [-0.39, 0.29) is 6.02 Å². The van der Waals surface area contributed by atoms with Gasteiger partial charge in [-0.25, -0.2) is 4.79 Å². The minimum absolute atomic E-state index is 0.311. The van der Waals surface area contributed by atoms with Crippen molar-refractivity contribution in [3.05, 3.63) is 0 Å². The number of amidine groups is 1. The zero-order valence-corrected chi connectivity index (χ0v) is 7.33. The molecule has 0 aliphatic rings. The Morgan fingerprint density at radius 1 is 1.83 bits per heavy atom. The number of nitrogens with one attached hydrogen (secondary N) is 3. The van der Waals surface area contributed by atoms with Crippen LogP contribution in [-0.2, 0) is 4.74 Å². The zero-order valence-electron chi connectivity index (χ0n) is 6.51. The Labute approximate surface area is 74.9 Å². The van der Waals surface area contributed by atoms with E-state index in [1.54, 1.807) is 0 Å². The molecule has 0 radical (unpaired) electrons. The normalized spacial score (nSPS) is 8.00. The van der Waals surface area contributed by atoms with Gasteiger partial charge in [0.05, 0.1) is 12.9 Å². The van der Waals surface area contributed by atoms with Gasteiger partial charge in [0.1, 0.15) is 0 Å². The second kappa shape index (κ2) is 6.37. The summed E-state index contributed by atoms with van der Waals surface area (Å²) in [5.74, 6) is 2.71. The lowest BCUT2D eigenvalue weighted by atomic mass is 10.8. The van der Waals surface area contributed by atoms with Crippen LogP contribution in [0.25, 0.3) is 0 Å². The van der Waals surface area contributed by atoms with Crippen LogP contribution in [0.2, 0.25) is 0 Å². The Balaban J connectivity index is 3.48. The topological polar surface area (TPSA) is 74.2 Å². The van der Waals surface area contributed by atoms with Crippen molar-refractivity contribution in [3.8, 4) is 12.3 Å². The molecule has 2 amide bonds. The van der Waals surface area contributed by atoms with Crippen molar-refractivity contribution in [1.82, 2.24) is 10.0 Å². The molecule has 0 aliphatic carbocycles. The number of carbonyl (C=O) groups is 1. The summed E-state index contributed by atoms with van der Waals surface area (Å²) >= 11 is 1.06. The first-order valence-electron chi connectivity index (χ1n) is 2.95. The number of amides is 2. The Morgan fingerprint density at radius 3 is 3.00 bits per heavy atom. The number of hydrogen-bond acceptors (Lipinski definition) is 4. The van der Waals surface area contributed by atoms with Gasteiger partial charge in [0.25, 0.3) is 6.02 Å². The van der Waals surface area contributed by atoms with E-state index >= 15 is 0 Å². The van der Waals surface area contributed by atoms with E-state index in [9.17, 15) is 4.79 Å². The molecule has 0 bridgehead atoms. The summed E-state index contributed by atoms with van der Waals surface area (Å²) < 4.78 is 6.74. The van der Waals surface area contributed by atoms with Gasteiger partial charge in [-0.05, 0) is 11.9 Å². The van der Waals surface area contributed by atoms with Gasteiger partial charge in [-0.15, -0.1) is 6.42 Å². The molecule has 0 saturated heterocycles. The average molecular weight is 187 g/mol. The second-order valence-electron chi connectivity index (χ2n) is 1.58. The third-order valence-electron chi connectivity index (χ3n) is 0.752. The van der Waals surface area contributed by atoms with Crippen molar-refractivity contribution in [2.45, 2.75) is 0 Å². The van der Waals surface area contributed by atoms with E-state index in [0.29, 0.717) is 5.75 Å². The fourth-order valence-electron chi connectivity index (χ4n) is 0.323. The molecule has 5 nitrogen and oxygen atoms in total. The van der Waals surface area contributed by atoms with Gasteiger partial charge in [0.2, 0.25) is 0 Å². The number of ether oxygens (including phenoxy) is 1. The fourth-order valence-corrected chi connectivity index (χ4v) is 0.661. The molecule has 0 aromatic carbocycles. The highest BCUT2D eigenvalue weighted by Gasteiger charge is 2.01. The first-order chi connectivity index (χ1) is 5.70. The summed E-state index contributed by atoms with van der Waals surface area (Å²) in [6.07, 6.45) is 4.93. The van der Waals surface area contributed by atoms with E-state index in [1.165, 1.54) is 7.11 Å². The highest BCUT2D eigenvalue weighted by Crippen LogP contribution is 1.88. The van der Waals surface area contributed by atoms with Crippen LogP contribution >= 0.6 is 11.9 Å². The van der Waals surface area contributed by atoms with Crippen LogP contribution in [0.4, 0.5) is 4.79 Å². The lowest BCUT2D eigenvalue weighted by Crippen LogP contribution is -2.36. The highest BCUT2D eigenvalue weighted by molar-refractivity contribution is 7.98. The molecule has 0 aliphatic heterocycles. The molecule has 0 atom stereocenters. The third kappa shape index (κ3) is 5.44. The van der Waals surface area contributed by atoms with Crippen LogP contribution in [0.5, 0.6) is 0 Å². The quantitative estimate of drug-likeness (QED) is 0.189. The Kier molecular flexibility index (Phi) is 5.65. The van der Waals surface area contributed by atoms with E-state index < -0.39 is 6.03 Å². The molecule has 66 valence electrons. The summed E-state index contributed by atoms with van der Waals surface area (Å²) in [5.41, 5.74) is 0. The van der Waals surface area contributed by atoms with Gasteiger partial charge < -0.3 is 4.74 Å².